The molecule has 3 atom stereocenters. The van der Waals surface area contributed by atoms with E-state index in [0.29, 0.717) is 31.6 Å². The van der Waals surface area contributed by atoms with Gasteiger partial charge in [-0.1, -0.05) is 30.3 Å². The minimum Gasteiger partial charge on any atom is -0.480 e. The molecule has 2 fully saturated rings. The molecule has 1 aliphatic heterocycles. The van der Waals surface area contributed by atoms with Gasteiger partial charge in [0.1, 0.15) is 6.04 Å². The summed E-state index contributed by atoms with van der Waals surface area (Å²) in [6, 6.07) is 8.93. The van der Waals surface area contributed by atoms with Crippen molar-refractivity contribution in [3.05, 3.63) is 59.2 Å². The number of piperidine rings is 1. The van der Waals surface area contributed by atoms with Crippen molar-refractivity contribution >= 4 is 17.8 Å². The summed E-state index contributed by atoms with van der Waals surface area (Å²) >= 11 is 0. The first-order valence-corrected chi connectivity index (χ1v) is 12.7. The van der Waals surface area contributed by atoms with Crippen LogP contribution in [0.15, 0.2) is 42.5 Å². The maximum absolute atomic E-state index is 14.8. The lowest BCUT2D eigenvalue weighted by Crippen LogP contribution is -2.47. The van der Waals surface area contributed by atoms with E-state index in [4.69, 9.17) is 4.74 Å². The van der Waals surface area contributed by atoms with E-state index < -0.39 is 29.7 Å². The highest BCUT2D eigenvalue weighted by Gasteiger charge is 2.67. The number of amides is 2. The first kappa shape index (κ1) is 26.2. The lowest BCUT2D eigenvalue weighted by molar-refractivity contribution is -0.149. The predicted octanol–water partition coefficient (Wildman–Crippen LogP) is 2.95. The summed E-state index contributed by atoms with van der Waals surface area (Å²) in [5.41, 5.74) is 0.163. The number of rotatable bonds is 10. The van der Waals surface area contributed by atoms with Crippen molar-refractivity contribution in [3.8, 4) is 11.1 Å². The molecule has 2 aromatic rings. The molecule has 1 heterocycles. The molecule has 5 rings (SSSR count). The number of nitrogens with zero attached hydrogens (tertiary/aromatic N) is 2. The van der Waals surface area contributed by atoms with Crippen LogP contribution in [0.4, 0.5) is 8.78 Å². The second-order valence-electron chi connectivity index (χ2n) is 10.7. The lowest BCUT2D eigenvalue weighted by Gasteiger charge is -2.24. The zero-order chi connectivity index (χ0) is 27.2. The van der Waals surface area contributed by atoms with Crippen LogP contribution in [0.1, 0.15) is 40.7 Å². The van der Waals surface area contributed by atoms with Crippen LogP contribution in [0.2, 0.25) is 0 Å². The average Bonchev–Trinajstić information content (AvgIpc) is 3.40. The van der Waals surface area contributed by atoms with Crippen LogP contribution >= 0.6 is 0 Å². The number of halogens is 2. The number of hydrogen-bond donors (Lipinski definition) is 2. The van der Waals surface area contributed by atoms with Crippen LogP contribution in [-0.4, -0.2) is 85.2 Å². The predicted molar refractivity (Wildman–Crippen MR) is 135 cm³/mol. The number of aliphatic carboxylic acids is 1. The molecule has 8 nitrogen and oxygen atoms in total. The van der Waals surface area contributed by atoms with E-state index in [9.17, 15) is 28.3 Å². The molecule has 0 radical (unpaired) electrons. The summed E-state index contributed by atoms with van der Waals surface area (Å²) in [7, 11) is 3.96. The van der Waals surface area contributed by atoms with Crippen molar-refractivity contribution in [1.82, 2.24) is 15.1 Å². The van der Waals surface area contributed by atoms with Crippen molar-refractivity contribution in [2.24, 2.45) is 5.41 Å². The van der Waals surface area contributed by atoms with Crippen LogP contribution in [0, 0.1) is 5.41 Å². The SMILES string of the molecule is CN(C)CCCOC[C@@]12C[C@@H]1N(C(=O)CNC(=O)c1ccc3c(c1)-c1ccccc1C3(F)F)[C@H](C(=O)O)C2. The highest BCUT2D eigenvalue weighted by molar-refractivity contribution is 5.99. The number of carbonyl (C=O) groups is 3. The lowest BCUT2D eigenvalue weighted by atomic mass is 10.0. The fourth-order valence-corrected chi connectivity index (χ4v) is 5.83. The van der Waals surface area contributed by atoms with Crippen LogP contribution < -0.4 is 5.32 Å². The zero-order valence-electron chi connectivity index (χ0n) is 21.4. The molecule has 202 valence electrons. The molecular formula is C28H31F2N3O5. The highest BCUT2D eigenvalue weighted by Crippen LogP contribution is 2.59. The Labute approximate surface area is 219 Å². The van der Waals surface area contributed by atoms with Crippen LogP contribution in [0.3, 0.4) is 0 Å². The fraction of sp³-hybridized carbons (Fsp3) is 0.464. The number of hydrogen-bond acceptors (Lipinski definition) is 5. The van der Waals surface area contributed by atoms with E-state index >= 15 is 0 Å². The van der Waals surface area contributed by atoms with Gasteiger partial charge >= 0.3 is 5.97 Å². The van der Waals surface area contributed by atoms with Gasteiger partial charge in [-0.05, 0) is 63.2 Å². The molecule has 1 saturated carbocycles. The summed E-state index contributed by atoms with van der Waals surface area (Å²) in [6.45, 7) is 1.46. The molecule has 1 saturated heterocycles. The second-order valence-corrected chi connectivity index (χ2v) is 10.7. The number of ether oxygens (including phenoxy) is 1. The Kier molecular flexibility index (Phi) is 6.73. The third kappa shape index (κ3) is 4.56. The molecule has 3 aliphatic rings. The summed E-state index contributed by atoms with van der Waals surface area (Å²) < 4.78 is 35.4. The average molecular weight is 528 g/mol. The van der Waals surface area contributed by atoms with Gasteiger partial charge in [-0.25, -0.2) is 4.79 Å². The Morgan fingerprint density at radius 2 is 1.84 bits per heavy atom. The maximum atomic E-state index is 14.8. The van der Waals surface area contributed by atoms with Crippen molar-refractivity contribution in [2.45, 2.75) is 37.3 Å². The summed E-state index contributed by atoms with van der Waals surface area (Å²) in [5.74, 6) is -5.31. The van der Waals surface area contributed by atoms with Gasteiger partial charge in [-0.15, -0.1) is 0 Å². The molecule has 2 aromatic carbocycles. The Morgan fingerprint density at radius 1 is 1.11 bits per heavy atom. The molecule has 2 N–H and O–H groups in total. The van der Waals surface area contributed by atoms with Gasteiger partial charge in [-0.3, -0.25) is 9.59 Å². The molecule has 38 heavy (non-hydrogen) atoms. The first-order chi connectivity index (χ1) is 18.0. The van der Waals surface area contributed by atoms with Gasteiger partial charge < -0.3 is 25.0 Å². The van der Waals surface area contributed by atoms with Crippen LogP contribution in [0.5, 0.6) is 0 Å². The summed E-state index contributed by atoms with van der Waals surface area (Å²) in [4.78, 5) is 41.2. The molecule has 0 aromatic heterocycles. The number of alkyl halides is 2. The highest BCUT2D eigenvalue weighted by atomic mass is 19.3. The molecule has 2 amide bonds. The van der Waals surface area contributed by atoms with Crippen molar-refractivity contribution in [2.75, 3.05) is 40.4 Å². The molecular weight excluding hydrogens is 496 g/mol. The molecule has 0 spiro atoms. The number of fused-ring (bicyclic) bond motifs is 4. The first-order valence-electron chi connectivity index (χ1n) is 12.7. The third-order valence-corrected chi connectivity index (χ3v) is 7.85. The number of nitrogens with one attached hydrogen (secondary N) is 1. The maximum Gasteiger partial charge on any atom is 0.326 e. The van der Waals surface area contributed by atoms with Gasteiger partial charge in [0.05, 0.1) is 13.2 Å². The second kappa shape index (κ2) is 9.74. The van der Waals surface area contributed by atoms with E-state index in [2.05, 4.69) is 10.2 Å². The van der Waals surface area contributed by atoms with Crippen LogP contribution in [0.25, 0.3) is 11.1 Å². The van der Waals surface area contributed by atoms with Gasteiger partial charge in [0, 0.05) is 34.8 Å². The monoisotopic (exact) mass is 527 g/mol. The van der Waals surface area contributed by atoms with Crippen molar-refractivity contribution < 1.29 is 33.0 Å². The fourth-order valence-electron chi connectivity index (χ4n) is 5.83. The minimum atomic E-state index is -3.15. The Balaban J connectivity index is 1.22. The summed E-state index contributed by atoms with van der Waals surface area (Å²) in [5, 5.41) is 12.3. The number of carbonyl (C=O) groups excluding carboxylic acids is 2. The van der Waals surface area contributed by atoms with Crippen molar-refractivity contribution in [3.63, 3.8) is 0 Å². The van der Waals surface area contributed by atoms with E-state index in [1.807, 2.05) is 14.1 Å². The van der Waals surface area contributed by atoms with Gasteiger partial charge in [-0.2, -0.15) is 8.78 Å². The molecule has 0 bridgehead atoms. The van der Waals surface area contributed by atoms with Gasteiger partial charge in [0.15, 0.2) is 0 Å². The Morgan fingerprint density at radius 3 is 2.58 bits per heavy atom. The molecule has 0 unspecified atom stereocenters. The largest absolute Gasteiger partial charge is 0.480 e. The smallest absolute Gasteiger partial charge is 0.326 e. The number of likely N-dealkylation sites (tertiary alicyclic amines) is 1. The van der Waals surface area contributed by atoms with Gasteiger partial charge in [0.2, 0.25) is 5.91 Å². The normalized spacial score (nSPS) is 24.1. The van der Waals surface area contributed by atoms with Gasteiger partial charge in [0.25, 0.3) is 11.8 Å². The third-order valence-electron chi connectivity index (χ3n) is 7.85. The van der Waals surface area contributed by atoms with E-state index in [-0.39, 0.29) is 40.3 Å². The van der Waals surface area contributed by atoms with E-state index in [0.717, 1.165) is 13.0 Å². The minimum absolute atomic E-state index is 0.105. The van der Waals surface area contributed by atoms with E-state index in [1.54, 1.807) is 18.2 Å². The zero-order valence-corrected chi connectivity index (χ0v) is 21.4. The Bertz CT molecular complexity index is 1280. The standard InChI is InChI=1S/C28H31F2N3O5/c1-32(2)10-5-11-38-16-27-13-22(26(36)37)33(23(27)14-27)24(34)15-31-25(35)17-8-9-21-19(12-17)18-6-3-4-7-20(18)28(21,29)30/h3-4,6-9,12,22-23H,5,10-11,13-16H2,1-2H3,(H,31,35)(H,36,37)/t22-,23-,27+/m0/s1. The van der Waals surface area contributed by atoms with Crippen molar-refractivity contribution in [1.29, 1.82) is 0 Å². The van der Waals surface area contributed by atoms with Crippen LogP contribution in [-0.2, 0) is 20.2 Å². The summed E-state index contributed by atoms with van der Waals surface area (Å²) in [6.07, 6.45) is 1.85. The quantitative estimate of drug-likeness (QED) is 0.461. The number of carboxylic acid groups (broad SMARTS) is 1. The van der Waals surface area contributed by atoms with E-state index in [1.165, 1.54) is 29.2 Å². The Hall–Kier alpha value is -3.37. The topological polar surface area (TPSA) is 99.2 Å². The molecule has 2 aliphatic carbocycles. The molecule has 10 heteroatoms. The number of benzene rings is 2. The number of carboxylic acids is 1.